The quantitative estimate of drug-likeness (QED) is 0.839. The van der Waals surface area contributed by atoms with Crippen LogP contribution in [0.5, 0.6) is 5.75 Å². The minimum Gasteiger partial charge on any atom is -0.497 e. The van der Waals surface area contributed by atoms with Gasteiger partial charge in [0, 0.05) is 10.5 Å². The Bertz CT molecular complexity index is 408. The molecule has 0 radical (unpaired) electrons. The van der Waals surface area contributed by atoms with E-state index in [2.05, 4.69) is 40.4 Å². The van der Waals surface area contributed by atoms with Crippen LogP contribution < -0.4 is 10.1 Å². The fraction of sp³-hybridized carbons (Fsp3) is 0.625. The third-order valence-electron chi connectivity index (χ3n) is 4.20. The molecule has 2 rings (SSSR count). The van der Waals surface area contributed by atoms with Gasteiger partial charge in [-0.25, -0.2) is 0 Å². The zero-order valence-electron chi connectivity index (χ0n) is 11.9. The number of hydrogen-bond donors (Lipinski definition) is 1. The predicted molar refractivity (Wildman–Crippen MR) is 83.8 cm³/mol. The molecule has 1 fully saturated rings. The molecular formula is C16H24BrNO. The van der Waals surface area contributed by atoms with Crippen LogP contribution in [0.2, 0.25) is 0 Å². The molecular weight excluding hydrogens is 302 g/mol. The summed E-state index contributed by atoms with van der Waals surface area (Å²) in [6.07, 6.45) is 7.84. The first kappa shape index (κ1) is 14.9. The molecule has 0 saturated heterocycles. The van der Waals surface area contributed by atoms with Gasteiger partial charge in [0.25, 0.3) is 0 Å². The van der Waals surface area contributed by atoms with Crippen molar-refractivity contribution in [3.63, 3.8) is 0 Å². The highest BCUT2D eigenvalue weighted by molar-refractivity contribution is 9.10. The fourth-order valence-electron chi connectivity index (χ4n) is 3.05. The maximum absolute atomic E-state index is 5.33. The van der Waals surface area contributed by atoms with E-state index in [1.54, 1.807) is 7.11 Å². The molecule has 106 valence electrons. The molecule has 2 atom stereocenters. The van der Waals surface area contributed by atoms with E-state index in [-0.39, 0.29) is 0 Å². The summed E-state index contributed by atoms with van der Waals surface area (Å²) in [7, 11) is 3.82. The van der Waals surface area contributed by atoms with E-state index in [9.17, 15) is 0 Å². The van der Waals surface area contributed by atoms with Crippen molar-refractivity contribution in [2.45, 2.75) is 44.6 Å². The van der Waals surface area contributed by atoms with Crippen LogP contribution in [0.4, 0.5) is 0 Å². The standard InChI is InChI=1S/C16H24BrNO/c1-18-14-6-4-3-5-12(10-14)9-13-11-15(19-2)7-8-16(13)17/h7-8,11-12,14,18H,3-6,9-10H2,1-2H3. The highest BCUT2D eigenvalue weighted by atomic mass is 79.9. The lowest BCUT2D eigenvalue weighted by atomic mass is 9.91. The molecule has 0 aromatic heterocycles. The smallest absolute Gasteiger partial charge is 0.119 e. The maximum atomic E-state index is 5.33. The zero-order chi connectivity index (χ0) is 13.7. The largest absolute Gasteiger partial charge is 0.497 e. The molecule has 2 unspecified atom stereocenters. The van der Waals surface area contributed by atoms with E-state index in [4.69, 9.17) is 4.74 Å². The van der Waals surface area contributed by atoms with Crippen molar-refractivity contribution in [2.75, 3.05) is 14.2 Å². The second-order valence-electron chi connectivity index (χ2n) is 5.53. The summed E-state index contributed by atoms with van der Waals surface area (Å²) in [5, 5.41) is 3.46. The number of hydrogen-bond acceptors (Lipinski definition) is 2. The summed E-state index contributed by atoms with van der Waals surface area (Å²) in [6, 6.07) is 6.97. The summed E-state index contributed by atoms with van der Waals surface area (Å²) in [4.78, 5) is 0. The van der Waals surface area contributed by atoms with E-state index in [0.717, 1.165) is 18.1 Å². The normalized spacial score (nSPS) is 23.9. The first-order valence-electron chi connectivity index (χ1n) is 7.22. The Morgan fingerprint density at radius 3 is 2.84 bits per heavy atom. The van der Waals surface area contributed by atoms with Crippen molar-refractivity contribution >= 4 is 15.9 Å². The van der Waals surface area contributed by atoms with E-state index < -0.39 is 0 Å². The van der Waals surface area contributed by atoms with Crippen molar-refractivity contribution < 1.29 is 4.74 Å². The third-order valence-corrected chi connectivity index (χ3v) is 4.98. The predicted octanol–water partition coefficient (Wildman–Crippen LogP) is 4.17. The number of ether oxygens (including phenoxy) is 1. The molecule has 1 saturated carbocycles. The first-order valence-corrected chi connectivity index (χ1v) is 8.02. The van der Waals surface area contributed by atoms with Gasteiger partial charge in [0.1, 0.15) is 5.75 Å². The highest BCUT2D eigenvalue weighted by Crippen LogP contribution is 2.30. The molecule has 19 heavy (non-hydrogen) atoms. The molecule has 0 heterocycles. The van der Waals surface area contributed by atoms with Crippen molar-refractivity contribution in [1.29, 1.82) is 0 Å². The molecule has 0 spiro atoms. The summed E-state index contributed by atoms with van der Waals surface area (Å²) in [5.41, 5.74) is 1.38. The van der Waals surface area contributed by atoms with Crippen molar-refractivity contribution in [3.05, 3.63) is 28.2 Å². The summed E-state index contributed by atoms with van der Waals surface area (Å²) < 4.78 is 6.54. The van der Waals surface area contributed by atoms with Crippen molar-refractivity contribution in [3.8, 4) is 5.75 Å². The number of halogens is 1. The van der Waals surface area contributed by atoms with E-state index in [1.165, 1.54) is 42.1 Å². The van der Waals surface area contributed by atoms with Crippen LogP contribution in [0.1, 0.15) is 37.7 Å². The van der Waals surface area contributed by atoms with Crippen LogP contribution in [-0.4, -0.2) is 20.2 Å². The van der Waals surface area contributed by atoms with Gasteiger partial charge in [-0.3, -0.25) is 0 Å². The van der Waals surface area contributed by atoms with Crippen LogP contribution >= 0.6 is 15.9 Å². The fourth-order valence-corrected chi connectivity index (χ4v) is 3.46. The van der Waals surface area contributed by atoms with Gasteiger partial charge >= 0.3 is 0 Å². The topological polar surface area (TPSA) is 21.3 Å². The molecule has 2 nitrogen and oxygen atoms in total. The SMILES string of the molecule is CNC1CCCCC(Cc2cc(OC)ccc2Br)C1. The Kier molecular flexibility index (Phi) is 5.71. The Hall–Kier alpha value is -0.540. The van der Waals surface area contributed by atoms with Crippen LogP contribution in [0, 0.1) is 5.92 Å². The Morgan fingerprint density at radius 2 is 2.11 bits per heavy atom. The van der Waals surface area contributed by atoms with Gasteiger partial charge in [-0.2, -0.15) is 0 Å². The molecule has 1 aliphatic rings. The maximum Gasteiger partial charge on any atom is 0.119 e. The van der Waals surface area contributed by atoms with Gasteiger partial charge in [0.2, 0.25) is 0 Å². The van der Waals surface area contributed by atoms with Crippen LogP contribution in [0.25, 0.3) is 0 Å². The third kappa shape index (κ3) is 4.22. The van der Waals surface area contributed by atoms with Gasteiger partial charge < -0.3 is 10.1 Å². The van der Waals surface area contributed by atoms with Crippen LogP contribution in [0.15, 0.2) is 22.7 Å². The van der Waals surface area contributed by atoms with Gasteiger partial charge in [0.15, 0.2) is 0 Å². The average Bonchev–Trinajstić information content (AvgIpc) is 2.66. The van der Waals surface area contributed by atoms with E-state index in [0.29, 0.717) is 6.04 Å². The lowest BCUT2D eigenvalue weighted by Gasteiger charge is -2.20. The van der Waals surface area contributed by atoms with Crippen LogP contribution in [-0.2, 0) is 6.42 Å². The van der Waals surface area contributed by atoms with Gasteiger partial charge in [-0.05, 0) is 56.0 Å². The molecule has 0 bridgehead atoms. The number of nitrogens with one attached hydrogen (secondary N) is 1. The number of methoxy groups -OCH3 is 1. The number of rotatable bonds is 4. The average molecular weight is 326 g/mol. The van der Waals surface area contributed by atoms with Gasteiger partial charge in [-0.15, -0.1) is 0 Å². The summed E-state index contributed by atoms with van der Waals surface area (Å²) in [6.45, 7) is 0. The molecule has 1 N–H and O–H groups in total. The minimum atomic E-state index is 0.692. The van der Waals surface area contributed by atoms with Crippen molar-refractivity contribution in [1.82, 2.24) is 5.32 Å². The number of benzene rings is 1. The second kappa shape index (κ2) is 7.30. The molecule has 1 aromatic carbocycles. The summed E-state index contributed by atoms with van der Waals surface area (Å²) in [5.74, 6) is 1.74. The van der Waals surface area contributed by atoms with Gasteiger partial charge in [-0.1, -0.05) is 35.2 Å². The highest BCUT2D eigenvalue weighted by Gasteiger charge is 2.20. The first-order chi connectivity index (χ1) is 9.22. The van der Waals surface area contributed by atoms with E-state index >= 15 is 0 Å². The molecule has 0 aliphatic heterocycles. The zero-order valence-corrected chi connectivity index (χ0v) is 13.5. The molecule has 1 aromatic rings. The Morgan fingerprint density at radius 1 is 1.32 bits per heavy atom. The van der Waals surface area contributed by atoms with Crippen LogP contribution in [0.3, 0.4) is 0 Å². The van der Waals surface area contributed by atoms with Crippen molar-refractivity contribution in [2.24, 2.45) is 5.92 Å². The minimum absolute atomic E-state index is 0.692. The monoisotopic (exact) mass is 325 g/mol. The van der Waals surface area contributed by atoms with E-state index in [1.807, 2.05) is 6.07 Å². The second-order valence-corrected chi connectivity index (χ2v) is 6.39. The Labute approximate surface area is 125 Å². The Balaban J connectivity index is 2.06. The lowest BCUT2D eigenvalue weighted by molar-refractivity contribution is 0.396. The van der Waals surface area contributed by atoms with Gasteiger partial charge in [0.05, 0.1) is 7.11 Å². The lowest BCUT2D eigenvalue weighted by Crippen LogP contribution is -2.26. The molecule has 3 heteroatoms. The molecule has 0 amide bonds. The molecule has 1 aliphatic carbocycles. The summed E-state index contributed by atoms with van der Waals surface area (Å²) >= 11 is 3.67.